The summed E-state index contributed by atoms with van der Waals surface area (Å²) < 4.78 is 5.53. The number of H-pyrrole nitrogens is 1. The second kappa shape index (κ2) is 6.13. The second-order valence-electron chi connectivity index (χ2n) is 4.70. The monoisotopic (exact) mass is 280 g/mol. The highest BCUT2D eigenvalue weighted by molar-refractivity contribution is 5.98. The molecule has 2 N–H and O–H groups in total. The first-order valence-electron chi connectivity index (χ1n) is 6.86. The number of ether oxygens (including phenoxy) is 1. The van der Waals surface area contributed by atoms with Crippen molar-refractivity contribution in [3.8, 4) is 5.75 Å². The third kappa shape index (κ3) is 3.23. The smallest absolute Gasteiger partial charge is 0.251 e. The summed E-state index contributed by atoms with van der Waals surface area (Å²) >= 11 is 0. The Bertz CT molecular complexity index is 735. The maximum Gasteiger partial charge on any atom is 0.251 e. The van der Waals surface area contributed by atoms with Crippen LogP contribution < -0.4 is 10.1 Å². The molecule has 106 valence electrons. The summed E-state index contributed by atoms with van der Waals surface area (Å²) in [5.41, 5.74) is 1.68. The van der Waals surface area contributed by atoms with Crippen molar-refractivity contribution in [3.05, 3.63) is 66.4 Å². The molecule has 4 nitrogen and oxygen atoms in total. The van der Waals surface area contributed by atoms with Gasteiger partial charge in [-0.1, -0.05) is 18.2 Å². The number of fused-ring (bicyclic) bond motifs is 1. The molecule has 1 amide bonds. The summed E-state index contributed by atoms with van der Waals surface area (Å²) in [6.45, 7) is 0.918. The van der Waals surface area contributed by atoms with Crippen LogP contribution in [-0.2, 0) is 0 Å². The number of carbonyl (C=O) groups is 1. The van der Waals surface area contributed by atoms with Crippen LogP contribution in [0.4, 0.5) is 0 Å². The maximum absolute atomic E-state index is 12.0. The Morgan fingerprint density at radius 1 is 1.10 bits per heavy atom. The molecule has 0 atom stereocenters. The molecule has 21 heavy (non-hydrogen) atoms. The Hall–Kier alpha value is -2.75. The predicted molar refractivity (Wildman–Crippen MR) is 82.6 cm³/mol. The molecule has 3 aromatic rings. The molecule has 0 radical (unpaired) electrons. The molecule has 0 aliphatic heterocycles. The summed E-state index contributed by atoms with van der Waals surface area (Å²) in [4.78, 5) is 15.1. The van der Waals surface area contributed by atoms with Crippen molar-refractivity contribution in [3.63, 3.8) is 0 Å². The lowest BCUT2D eigenvalue weighted by atomic mass is 10.1. The molecule has 4 heteroatoms. The Kier molecular flexibility index (Phi) is 3.87. The number of nitrogens with one attached hydrogen (secondary N) is 2. The van der Waals surface area contributed by atoms with Gasteiger partial charge >= 0.3 is 0 Å². The number of amides is 1. The number of benzene rings is 2. The summed E-state index contributed by atoms with van der Waals surface area (Å²) in [6.07, 6.45) is 1.86. The van der Waals surface area contributed by atoms with E-state index < -0.39 is 0 Å². The van der Waals surface area contributed by atoms with Gasteiger partial charge in [0.15, 0.2) is 0 Å². The van der Waals surface area contributed by atoms with E-state index in [0.29, 0.717) is 18.7 Å². The van der Waals surface area contributed by atoms with Gasteiger partial charge in [0.05, 0.1) is 6.54 Å². The van der Waals surface area contributed by atoms with Crippen molar-refractivity contribution in [2.24, 2.45) is 0 Å². The minimum Gasteiger partial charge on any atom is -0.492 e. The zero-order chi connectivity index (χ0) is 14.5. The van der Waals surface area contributed by atoms with Crippen LogP contribution in [0.2, 0.25) is 0 Å². The van der Waals surface area contributed by atoms with Crippen LogP contribution in [0.25, 0.3) is 10.9 Å². The molecule has 1 heterocycles. The van der Waals surface area contributed by atoms with Crippen LogP contribution in [0, 0.1) is 0 Å². The van der Waals surface area contributed by atoms with Gasteiger partial charge in [0.25, 0.3) is 5.91 Å². The second-order valence-corrected chi connectivity index (χ2v) is 4.70. The normalized spacial score (nSPS) is 10.5. The van der Waals surface area contributed by atoms with Crippen LogP contribution >= 0.6 is 0 Å². The third-order valence-electron chi connectivity index (χ3n) is 3.22. The number of aromatic amines is 1. The van der Waals surface area contributed by atoms with Gasteiger partial charge in [0.1, 0.15) is 12.4 Å². The lowest BCUT2D eigenvalue weighted by molar-refractivity contribution is 0.0947. The third-order valence-corrected chi connectivity index (χ3v) is 3.22. The highest BCUT2D eigenvalue weighted by Gasteiger charge is 2.06. The fraction of sp³-hybridized carbons (Fsp3) is 0.118. The lowest BCUT2D eigenvalue weighted by Crippen LogP contribution is -2.28. The van der Waals surface area contributed by atoms with Crippen molar-refractivity contribution in [2.75, 3.05) is 13.2 Å². The molecule has 0 saturated carbocycles. The number of hydrogen-bond donors (Lipinski definition) is 2. The first kappa shape index (κ1) is 13.2. The molecular formula is C17H16N2O2. The van der Waals surface area contributed by atoms with Crippen LogP contribution in [0.3, 0.4) is 0 Å². The Balaban J connectivity index is 1.52. The van der Waals surface area contributed by atoms with Gasteiger partial charge in [0.2, 0.25) is 0 Å². The molecule has 0 unspecified atom stereocenters. The largest absolute Gasteiger partial charge is 0.492 e. The van der Waals surface area contributed by atoms with E-state index in [4.69, 9.17) is 4.74 Å². The SMILES string of the molecule is O=C(NCCOc1ccccc1)c1ccc2[nH]ccc2c1. The zero-order valence-corrected chi connectivity index (χ0v) is 11.5. The molecule has 0 saturated heterocycles. The first-order chi connectivity index (χ1) is 10.3. The summed E-state index contributed by atoms with van der Waals surface area (Å²) in [7, 11) is 0. The van der Waals surface area contributed by atoms with Crippen LogP contribution in [0.5, 0.6) is 5.75 Å². The quantitative estimate of drug-likeness (QED) is 0.706. The molecule has 0 bridgehead atoms. The molecule has 0 aliphatic rings. The standard InChI is InChI=1S/C17H16N2O2/c20-17(14-6-7-16-13(12-14)8-9-18-16)19-10-11-21-15-4-2-1-3-5-15/h1-9,12,18H,10-11H2,(H,19,20). The number of para-hydroxylation sites is 1. The van der Waals surface area contributed by atoms with Gasteiger partial charge in [0, 0.05) is 22.7 Å². The van der Waals surface area contributed by atoms with E-state index in [1.807, 2.05) is 60.8 Å². The van der Waals surface area contributed by atoms with E-state index in [9.17, 15) is 4.79 Å². The lowest BCUT2D eigenvalue weighted by Gasteiger charge is -2.07. The van der Waals surface area contributed by atoms with Crippen LogP contribution in [0.1, 0.15) is 10.4 Å². The molecule has 3 rings (SSSR count). The predicted octanol–water partition coefficient (Wildman–Crippen LogP) is 2.98. The van der Waals surface area contributed by atoms with Gasteiger partial charge < -0.3 is 15.0 Å². The van der Waals surface area contributed by atoms with Crippen molar-refractivity contribution >= 4 is 16.8 Å². The van der Waals surface area contributed by atoms with Gasteiger partial charge in [-0.25, -0.2) is 0 Å². The van der Waals surface area contributed by atoms with Crippen LogP contribution in [-0.4, -0.2) is 24.0 Å². The number of hydrogen-bond acceptors (Lipinski definition) is 2. The zero-order valence-electron chi connectivity index (χ0n) is 11.5. The summed E-state index contributed by atoms with van der Waals surface area (Å²) in [6, 6.07) is 17.1. The van der Waals surface area contributed by atoms with Crippen molar-refractivity contribution < 1.29 is 9.53 Å². The van der Waals surface area contributed by atoms with E-state index in [0.717, 1.165) is 16.7 Å². The maximum atomic E-state index is 12.0. The van der Waals surface area contributed by atoms with E-state index in [1.165, 1.54) is 0 Å². The van der Waals surface area contributed by atoms with Crippen LogP contribution in [0.15, 0.2) is 60.8 Å². The van der Waals surface area contributed by atoms with Gasteiger partial charge in [-0.15, -0.1) is 0 Å². The molecular weight excluding hydrogens is 264 g/mol. The molecule has 0 spiro atoms. The fourth-order valence-corrected chi connectivity index (χ4v) is 2.15. The van der Waals surface area contributed by atoms with Crippen molar-refractivity contribution in [1.29, 1.82) is 0 Å². The minimum absolute atomic E-state index is 0.0882. The molecule has 0 aliphatic carbocycles. The first-order valence-corrected chi connectivity index (χ1v) is 6.86. The Labute approximate surface area is 122 Å². The number of rotatable bonds is 5. The molecule has 2 aromatic carbocycles. The van der Waals surface area contributed by atoms with E-state index in [1.54, 1.807) is 0 Å². The van der Waals surface area contributed by atoms with Crippen molar-refractivity contribution in [2.45, 2.75) is 0 Å². The summed E-state index contributed by atoms with van der Waals surface area (Å²) in [5, 5.41) is 3.88. The van der Waals surface area contributed by atoms with E-state index in [2.05, 4.69) is 10.3 Å². The Morgan fingerprint density at radius 2 is 1.95 bits per heavy atom. The fourth-order valence-electron chi connectivity index (χ4n) is 2.15. The number of aromatic nitrogens is 1. The van der Waals surface area contributed by atoms with Gasteiger partial charge in [-0.05, 0) is 36.4 Å². The average Bonchev–Trinajstić information content (AvgIpc) is 3.00. The average molecular weight is 280 g/mol. The summed E-state index contributed by atoms with van der Waals surface area (Å²) in [5.74, 6) is 0.718. The topological polar surface area (TPSA) is 54.1 Å². The van der Waals surface area contributed by atoms with E-state index >= 15 is 0 Å². The van der Waals surface area contributed by atoms with Gasteiger partial charge in [-0.2, -0.15) is 0 Å². The number of carbonyl (C=O) groups excluding carboxylic acids is 1. The highest BCUT2D eigenvalue weighted by atomic mass is 16.5. The van der Waals surface area contributed by atoms with E-state index in [-0.39, 0.29) is 5.91 Å². The van der Waals surface area contributed by atoms with Crippen molar-refractivity contribution in [1.82, 2.24) is 10.3 Å². The molecule has 1 aromatic heterocycles. The minimum atomic E-state index is -0.0882. The molecule has 0 fully saturated rings. The highest BCUT2D eigenvalue weighted by Crippen LogP contribution is 2.14. The Morgan fingerprint density at radius 3 is 2.81 bits per heavy atom. The van der Waals surface area contributed by atoms with Gasteiger partial charge in [-0.3, -0.25) is 4.79 Å².